The van der Waals surface area contributed by atoms with E-state index in [0.29, 0.717) is 11.1 Å². The molecule has 0 amide bonds. The van der Waals surface area contributed by atoms with Crippen molar-refractivity contribution in [2.75, 3.05) is 5.32 Å². The third-order valence-corrected chi connectivity index (χ3v) is 5.24. The summed E-state index contributed by atoms with van der Waals surface area (Å²) in [6.45, 7) is 1.57. The van der Waals surface area contributed by atoms with Crippen molar-refractivity contribution < 1.29 is 9.72 Å². The third kappa shape index (κ3) is 2.52. The number of ketones is 1. The number of allylic oxidation sites excluding steroid dienone is 2. The molecule has 5 heteroatoms. The van der Waals surface area contributed by atoms with E-state index < -0.39 is 0 Å². The second-order valence-corrected chi connectivity index (χ2v) is 6.65. The van der Waals surface area contributed by atoms with Gasteiger partial charge in [0, 0.05) is 23.2 Å². The molecule has 1 aliphatic heterocycles. The summed E-state index contributed by atoms with van der Waals surface area (Å²) >= 11 is 0. The fourth-order valence-electron chi connectivity index (χ4n) is 4.04. The molecule has 0 spiro atoms. The first-order valence-corrected chi connectivity index (χ1v) is 8.37. The van der Waals surface area contributed by atoms with Crippen LogP contribution in [0.5, 0.6) is 0 Å². The van der Waals surface area contributed by atoms with E-state index >= 15 is 0 Å². The van der Waals surface area contributed by atoms with Crippen LogP contribution < -0.4 is 5.32 Å². The predicted molar refractivity (Wildman–Crippen MR) is 95.9 cm³/mol. The lowest BCUT2D eigenvalue weighted by Crippen LogP contribution is -2.29. The van der Waals surface area contributed by atoms with Crippen LogP contribution in [0.4, 0.5) is 11.4 Å². The van der Waals surface area contributed by atoms with Crippen molar-refractivity contribution in [3.63, 3.8) is 0 Å². The van der Waals surface area contributed by atoms with Crippen LogP contribution in [0.3, 0.4) is 0 Å². The van der Waals surface area contributed by atoms with Crippen LogP contribution in [0.15, 0.2) is 54.6 Å². The van der Waals surface area contributed by atoms with Gasteiger partial charge >= 0.3 is 0 Å². The van der Waals surface area contributed by atoms with Crippen LogP contribution in [-0.4, -0.2) is 10.7 Å². The molecule has 2 aromatic rings. The average Bonchev–Trinajstić information content (AvgIpc) is 3.10. The Morgan fingerprint density at radius 1 is 1.20 bits per heavy atom. The van der Waals surface area contributed by atoms with E-state index in [2.05, 4.69) is 17.5 Å². The molecule has 0 fully saturated rings. The van der Waals surface area contributed by atoms with Crippen LogP contribution in [0, 0.1) is 16.0 Å². The van der Waals surface area contributed by atoms with Crippen LogP contribution >= 0.6 is 0 Å². The van der Waals surface area contributed by atoms with Crippen LogP contribution in [0.1, 0.15) is 46.8 Å². The summed E-state index contributed by atoms with van der Waals surface area (Å²) in [5.41, 5.74) is 3.60. The second kappa shape index (κ2) is 5.84. The van der Waals surface area contributed by atoms with Gasteiger partial charge in [0.1, 0.15) is 0 Å². The largest absolute Gasteiger partial charge is 0.377 e. The zero-order valence-corrected chi connectivity index (χ0v) is 13.8. The summed E-state index contributed by atoms with van der Waals surface area (Å²) in [6, 6.07) is 12.5. The van der Waals surface area contributed by atoms with Gasteiger partial charge in [-0.3, -0.25) is 14.9 Å². The van der Waals surface area contributed by atoms with Gasteiger partial charge in [0.15, 0.2) is 5.78 Å². The minimum atomic E-state index is -0.317. The number of rotatable bonds is 3. The fraction of sp³-hybridized carbons (Fsp3) is 0.250. The number of carbonyl (C=O) groups is 1. The number of hydrogen-bond donors (Lipinski definition) is 1. The lowest BCUT2D eigenvalue weighted by atomic mass is 9.76. The van der Waals surface area contributed by atoms with Gasteiger partial charge in [-0.25, -0.2) is 0 Å². The van der Waals surface area contributed by atoms with E-state index in [-0.39, 0.29) is 34.3 Å². The monoisotopic (exact) mass is 334 g/mol. The third-order valence-electron chi connectivity index (χ3n) is 5.24. The highest BCUT2D eigenvalue weighted by atomic mass is 16.6. The number of hydrogen-bond acceptors (Lipinski definition) is 4. The Bertz CT molecular complexity index is 904. The number of nitrogens with one attached hydrogen (secondary N) is 1. The van der Waals surface area contributed by atoms with Gasteiger partial charge in [0.25, 0.3) is 5.69 Å². The molecule has 2 aromatic carbocycles. The zero-order valence-electron chi connectivity index (χ0n) is 13.8. The SMILES string of the molecule is CC(=O)c1ccc2c(c1)C1C=CCC1C(c1ccccc1[N+](=O)[O-])N2. The van der Waals surface area contributed by atoms with Crippen molar-refractivity contribution in [2.45, 2.75) is 25.3 Å². The summed E-state index contributed by atoms with van der Waals surface area (Å²) in [6.07, 6.45) is 5.16. The molecule has 0 saturated carbocycles. The van der Waals surface area contributed by atoms with E-state index in [1.807, 2.05) is 30.3 Å². The Labute approximate surface area is 145 Å². The molecule has 3 atom stereocenters. The average molecular weight is 334 g/mol. The molecular weight excluding hydrogens is 316 g/mol. The smallest absolute Gasteiger partial charge is 0.274 e. The molecule has 0 aromatic heterocycles. The molecule has 1 heterocycles. The summed E-state index contributed by atoms with van der Waals surface area (Å²) in [7, 11) is 0. The maximum Gasteiger partial charge on any atom is 0.274 e. The minimum Gasteiger partial charge on any atom is -0.377 e. The van der Waals surface area contributed by atoms with E-state index in [0.717, 1.165) is 17.7 Å². The van der Waals surface area contributed by atoms with Crippen molar-refractivity contribution in [3.05, 3.63) is 81.4 Å². The van der Waals surface area contributed by atoms with E-state index in [1.165, 1.54) is 0 Å². The van der Waals surface area contributed by atoms with Crippen LogP contribution in [0.2, 0.25) is 0 Å². The van der Waals surface area contributed by atoms with Crippen LogP contribution in [0.25, 0.3) is 0 Å². The summed E-state index contributed by atoms with van der Waals surface area (Å²) in [4.78, 5) is 22.8. The van der Waals surface area contributed by atoms with Crippen LogP contribution in [-0.2, 0) is 0 Å². The van der Waals surface area contributed by atoms with Crippen molar-refractivity contribution in [3.8, 4) is 0 Å². The molecule has 0 saturated heterocycles. The maximum absolute atomic E-state index is 11.7. The van der Waals surface area contributed by atoms with Gasteiger partial charge in [-0.05, 0) is 43.0 Å². The number of benzene rings is 2. The number of para-hydroxylation sites is 1. The second-order valence-electron chi connectivity index (χ2n) is 6.65. The molecule has 4 rings (SSSR count). The zero-order chi connectivity index (χ0) is 17.6. The van der Waals surface area contributed by atoms with Gasteiger partial charge in [0.2, 0.25) is 0 Å². The number of carbonyl (C=O) groups excluding carboxylic acids is 1. The van der Waals surface area contributed by atoms with Gasteiger partial charge in [-0.2, -0.15) is 0 Å². The van der Waals surface area contributed by atoms with Crippen molar-refractivity contribution in [1.29, 1.82) is 0 Å². The first-order valence-electron chi connectivity index (χ1n) is 8.37. The normalized spacial score (nSPS) is 23.5. The summed E-state index contributed by atoms with van der Waals surface area (Å²) in [5.74, 6) is 0.415. The highest BCUT2D eigenvalue weighted by Crippen LogP contribution is 2.51. The van der Waals surface area contributed by atoms with Gasteiger partial charge in [-0.15, -0.1) is 0 Å². The Kier molecular flexibility index (Phi) is 3.64. The standard InChI is InChI=1S/C20H18N2O3/c1-12(23)13-9-10-18-17(11-13)14-6-4-7-15(14)20(21-18)16-5-2-3-8-19(16)22(24)25/h2-6,8-11,14-15,20-21H,7H2,1H3. The quantitative estimate of drug-likeness (QED) is 0.385. The van der Waals surface area contributed by atoms with Gasteiger partial charge in [-0.1, -0.05) is 30.4 Å². The maximum atomic E-state index is 11.7. The molecule has 1 aliphatic carbocycles. The summed E-state index contributed by atoms with van der Waals surface area (Å²) in [5, 5.41) is 14.9. The minimum absolute atomic E-state index is 0.0437. The topological polar surface area (TPSA) is 72.2 Å². The molecule has 0 radical (unpaired) electrons. The van der Waals surface area contributed by atoms with E-state index in [4.69, 9.17) is 0 Å². The molecule has 126 valence electrons. The highest BCUT2D eigenvalue weighted by molar-refractivity contribution is 5.95. The molecule has 2 aliphatic rings. The Morgan fingerprint density at radius 3 is 2.76 bits per heavy atom. The lowest BCUT2D eigenvalue weighted by Gasteiger charge is -2.37. The molecular formula is C20H18N2O3. The van der Waals surface area contributed by atoms with E-state index in [9.17, 15) is 14.9 Å². The number of nitro groups is 1. The number of fused-ring (bicyclic) bond motifs is 3. The molecule has 3 unspecified atom stereocenters. The van der Waals surface area contributed by atoms with Crippen molar-refractivity contribution >= 4 is 17.2 Å². The number of nitrogens with zero attached hydrogens (tertiary/aromatic N) is 1. The number of Topliss-reactive ketones (excluding diaryl/α,β-unsaturated/α-hetero) is 1. The van der Waals surface area contributed by atoms with Gasteiger partial charge < -0.3 is 5.32 Å². The molecule has 5 nitrogen and oxygen atoms in total. The summed E-state index contributed by atoms with van der Waals surface area (Å²) < 4.78 is 0. The van der Waals surface area contributed by atoms with Crippen molar-refractivity contribution in [1.82, 2.24) is 0 Å². The lowest BCUT2D eigenvalue weighted by molar-refractivity contribution is -0.385. The first-order chi connectivity index (χ1) is 12.1. The highest BCUT2D eigenvalue weighted by Gasteiger charge is 2.40. The Hall–Kier alpha value is -2.95. The fourth-order valence-corrected chi connectivity index (χ4v) is 4.04. The van der Waals surface area contributed by atoms with Crippen molar-refractivity contribution in [2.24, 2.45) is 5.92 Å². The Balaban J connectivity index is 1.81. The number of anilines is 1. The Morgan fingerprint density at radius 2 is 2.00 bits per heavy atom. The van der Waals surface area contributed by atoms with Gasteiger partial charge in [0.05, 0.1) is 16.5 Å². The molecule has 0 bridgehead atoms. The van der Waals surface area contributed by atoms with E-state index in [1.54, 1.807) is 19.1 Å². The molecule has 1 N–H and O–H groups in total. The first kappa shape index (κ1) is 15.6. The number of nitro benzene ring substituents is 1. The molecule has 25 heavy (non-hydrogen) atoms. The predicted octanol–water partition coefficient (Wildman–Crippen LogP) is 4.62.